The molecular weight excluding hydrogens is 166 g/mol. The lowest BCUT2D eigenvalue weighted by Crippen LogP contribution is -2.11. The molecule has 0 aromatic carbocycles. The Morgan fingerprint density at radius 1 is 1.38 bits per heavy atom. The van der Waals surface area contributed by atoms with Gasteiger partial charge in [-0.25, -0.2) is 9.97 Å². The number of nitrogen functional groups attached to an aromatic ring is 1. The van der Waals surface area contributed by atoms with Crippen molar-refractivity contribution in [3.63, 3.8) is 0 Å². The lowest BCUT2D eigenvalue weighted by molar-refractivity contribution is 0.802. The quantitative estimate of drug-likeness (QED) is 0.635. The Labute approximate surface area is 75.2 Å². The summed E-state index contributed by atoms with van der Waals surface area (Å²) in [7, 11) is 0. The largest absolute Gasteiger partial charge is 0.323 e. The molecule has 2 aromatic heterocycles. The third kappa shape index (κ3) is 1.35. The van der Waals surface area contributed by atoms with E-state index in [4.69, 9.17) is 5.84 Å². The van der Waals surface area contributed by atoms with Crippen molar-refractivity contribution in [1.29, 1.82) is 0 Å². The lowest BCUT2D eigenvalue weighted by atomic mass is 10.3. The second kappa shape index (κ2) is 2.85. The van der Waals surface area contributed by atoms with Gasteiger partial charge in [-0.1, -0.05) is 0 Å². The van der Waals surface area contributed by atoms with Gasteiger partial charge in [0.1, 0.15) is 12.0 Å². The molecule has 0 aliphatic rings. The maximum atomic E-state index is 5.54. The summed E-state index contributed by atoms with van der Waals surface area (Å²) in [6.07, 6.45) is 3.16. The zero-order valence-electron chi connectivity index (χ0n) is 7.18. The van der Waals surface area contributed by atoms with Crippen LogP contribution in [-0.2, 0) is 0 Å². The van der Waals surface area contributed by atoms with Crippen LogP contribution in [-0.4, -0.2) is 19.9 Å². The lowest BCUT2D eigenvalue weighted by Gasteiger charge is -1.92. The molecule has 2 rings (SSSR count). The molecule has 0 fully saturated rings. The smallest absolute Gasteiger partial charge is 0.116 e. The number of aromatic nitrogens is 4. The molecule has 0 radical (unpaired) electrons. The van der Waals surface area contributed by atoms with Crippen molar-refractivity contribution in [3.8, 4) is 11.4 Å². The van der Waals surface area contributed by atoms with Gasteiger partial charge in [0.25, 0.3) is 0 Å². The molecular formula is C8H9N5. The Balaban J connectivity index is 2.48. The van der Waals surface area contributed by atoms with E-state index in [1.54, 1.807) is 12.3 Å². The van der Waals surface area contributed by atoms with Crippen LogP contribution < -0.4 is 5.84 Å². The van der Waals surface area contributed by atoms with Gasteiger partial charge < -0.3 is 5.84 Å². The summed E-state index contributed by atoms with van der Waals surface area (Å²) in [5.74, 6) is 5.54. The molecule has 0 saturated carbocycles. The van der Waals surface area contributed by atoms with Gasteiger partial charge in [-0.2, -0.15) is 9.89 Å². The first-order valence-electron chi connectivity index (χ1n) is 3.85. The summed E-state index contributed by atoms with van der Waals surface area (Å²) in [5.41, 5.74) is 2.44. The average Bonchev–Trinajstić information content (AvgIpc) is 2.49. The fraction of sp³-hybridized carbons (Fsp3) is 0.125. The van der Waals surface area contributed by atoms with E-state index in [-0.39, 0.29) is 0 Å². The van der Waals surface area contributed by atoms with Gasteiger partial charge >= 0.3 is 0 Å². The molecule has 0 amide bonds. The first-order valence-corrected chi connectivity index (χ1v) is 3.85. The van der Waals surface area contributed by atoms with Crippen molar-refractivity contribution < 1.29 is 0 Å². The zero-order valence-corrected chi connectivity index (χ0v) is 7.18. The molecule has 5 heteroatoms. The van der Waals surface area contributed by atoms with E-state index in [1.165, 1.54) is 11.1 Å². The van der Waals surface area contributed by atoms with Crippen molar-refractivity contribution in [2.24, 2.45) is 0 Å². The summed E-state index contributed by atoms with van der Waals surface area (Å²) in [5, 5.41) is 4.08. The Bertz CT molecular complexity index is 386. The highest BCUT2D eigenvalue weighted by Gasteiger charge is 2.04. The molecule has 0 spiro atoms. The molecule has 2 N–H and O–H groups in total. The van der Waals surface area contributed by atoms with E-state index in [1.807, 2.05) is 13.0 Å². The van der Waals surface area contributed by atoms with Gasteiger partial charge in [0.2, 0.25) is 0 Å². The predicted octanol–water partition coefficient (Wildman–Crippen LogP) is 0.362. The Hall–Kier alpha value is -1.91. The van der Waals surface area contributed by atoms with Crippen molar-refractivity contribution in [2.45, 2.75) is 6.92 Å². The Morgan fingerprint density at radius 2 is 2.23 bits per heavy atom. The normalized spacial score (nSPS) is 10.2. The van der Waals surface area contributed by atoms with Crippen LogP contribution in [0.25, 0.3) is 11.4 Å². The highest BCUT2D eigenvalue weighted by Crippen LogP contribution is 2.13. The van der Waals surface area contributed by atoms with E-state index in [2.05, 4.69) is 15.1 Å². The predicted molar refractivity (Wildman–Crippen MR) is 48.1 cm³/mol. The van der Waals surface area contributed by atoms with E-state index in [9.17, 15) is 0 Å². The van der Waals surface area contributed by atoms with Crippen LogP contribution >= 0.6 is 0 Å². The SMILES string of the molecule is Cc1cc(-c2ccncn2)nn1N. The molecule has 0 saturated heterocycles. The van der Waals surface area contributed by atoms with Gasteiger partial charge in [-0.05, 0) is 19.1 Å². The highest BCUT2D eigenvalue weighted by atomic mass is 15.5. The van der Waals surface area contributed by atoms with Crippen LogP contribution in [0.3, 0.4) is 0 Å². The summed E-state index contributed by atoms with van der Waals surface area (Å²) in [4.78, 5) is 9.21. The molecule has 5 nitrogen and oxygen atoms in total. The van der Waals surface area contributed by atoms with Crippen LogP contribution in [0.2, 0.25) is 0 Å². The minimum atomic E-state index is 0.766. The monoisotopic (exact) mass is 175 g/mol. The van der Waals surface area contributed by atoms with Gasteiger partial charge in [-0.3, -0.25) is 0 Å². The van der Waals surface area contributed by atoms with E-state index in [0.29, 0.717) is 0 Å². The molecule has 0 bridgehead atoms. The van der Waals surface area contributed by atoms with E-state index in [0.717, 1.165) is 17.1 Å². The number of nitrogens with two attached hydrogens (primary N) is 1. The fourth-order valence-electron chi connectivity index (χ4n) is 1.06. The van der Waals surface area contributed by atoms with Gasteiger partial charge in [0.05, 0.1) is 11.4 Å². The summed E-state index contributed by atoms with van der Waals surface area (Å²) in [6, 6.07) is 3.67. The van der Waals surface area contributed by atoms with Crippen LogP contribution in [0.5, 0.6) is 0 Å². The first-order chi connectivity index (χ1) is 6.27. The van der Waals surface area contributed by atoms with E-state index >= 15 is 0 Å². The second-order valence-corrected chi connectivity index (χ2v) is 2.71. The summed E-state index contributed by atoms with van der Waals surface area (Å²) >= 11 is 0. The standard InChI is InChI=1S/C8H9N5/c1-6-4-8(12-13(6)9)7-2-3-10-5-11-7/h2-5H,9H2,1H3. The number of hydrogen-bond donors (Lipinski definition) is 1. The third-order valence-corrected chi connectivity index (χ3v) is 1.77. The van der Waals surface area contributed by atoms with Gasteiger partial charge in [0, 0.05) is 6.20 Å². The Kier molecular flexibility index (Phi) is 1.70. The van der Waals surface area contributed by atoms with Crippen molar-refractivity contribution in [2.75, 3.05) is 5.84 Å². The van der Waals surface area contributed by atoms with Crippen LogP contribution in [0, 0.1) is 6.92 Å². The highest BCUT2D eigenvalue weighted by molar-refractivity contribution is 5.53. The van der Waals surface area contributed by atoms with Crippen molar-refractivity contribution in [3.05, 3.63) is 30.4 Å². The van der Waals surface area contributed by atoms with Gasteiger partial charge in [-0.15, -0.1) is 0 Å². The number of aryl methyl sites for hydroxylation is 1. The molecule has 2 aromatic rings. The molecule has 0 unspecified atom stereocenters. The number of hydrogen-bond acceptors (Lipinski definition) is 4. The van der Waals surface area contributed by atoms with E-state index < -0.39 is 0 Å². The van der Waals surface area contributed by atoms with Crippen molar-refractivity contribution >= 4 is 0 Å². The topological polar surface area (TPSA) is 69.6 Å². The number of nitrogens with zero attached hydrogens (tertiary/aromatic N) is 4. The second-order valence-electron chi connectivity index (χ2n) is 2.71. The number of rotatable bonds is 1. The average molecular weight is 175 g/mol. The fourth-order valence-corrected chi connectivity index (χ4v) is 1.06. The van der Waals surface area contributed by atoms with Crippen LogP contribution in [0.4, 0.5) is 0 Å². The molecule has 0 atom stereocenters. The zero-order chi connectivity index (χ0) is 9.26. The summed E-state index contributed by atoms with van der Waals surface area (Å²) < 4.78 is 0. The molecule has 13 heavy (non-hydrogen) atoms. The van der Waals surface area contributed by atoms with Crippen LogP contribution in [0.1, 0.15) is 5.69 Å². The Morgan fingerprint density at radius 3 is 2.77 bits per heavy atom. The summed E-state index contributed by atoms with van der Waals surface area (Å²) in [6.45, 7) is 1.89. The van der Waals surface area contributed by atoms with Gasteiger partial charge in [0.15, 0.2) is 0 Å². The first kappa shape index (κ1) is 7.72. The minimum Gasteiger partial charge on any atom is -0.323 e. The molecule has 0 aliphatic heterocycles. The minimum absolute atomic E-state index is 0.766. The maximum Gasteiger partial charge on any atom is 0.116 e. The third-order valence-electron chi connectivity index (χ3n) is 1.77. The molecule has 2 heterocycles. The van der Waals surface area contributed by atoms with Crippen LogP contribution in [0.15, 0.2) is 24.7 Å². The maximum absolute atomic E-state index is 5.54. The van der Waals surface area contributed by atoms with Crippen molar-refractivity contribution in [1.82, 2.24) is 19.9 Å². The molecule has 66 valence electrons. The molecule has 0 aliphatic carbocycles.